The Morgan fingerprint density at radius 3 is 2.88 bits per heavy atom. The van der Waals surface area contributed by atoms with Gasteiger partial charge in [0, 0.05) is 54.5 Å². The van der Waals surface area contributed by atoms with Crippen LogP contribution in [0, 0.1) is 6.92 Å². The van der Waals surface area contributed by atoms with Crippen molar-refractivity contribution in [3.05, 3.63) is 59.8 Å². The number of fused-ring (bicyclic) bond motifs is 1. The molecule has 5 nitrogen and oxygen atoms in total. The number of carbonyl (C=O) groups is 1. The third-order valence-corrected chi connectivity index (χ3v) is 5.35. The van der Waals surface area contributed by atoms with E-state index in [4.69, 9.17) is 0 Å². The molecule has 1 amide bonds. The Bertz CT molecular complexity index is 916. The van der Waals surface area contributed by atoms with Gasteiger partial charge in [-0.1, -0.05) is 18.2 Å². The minimum Gasteiger partial charge on any atom is -0.347 e. The van der Waals surface area contributed by atoms with Crippen molar-refractivity contribution in [1.82, 2.24) is 19.4 Å². The van der Waals surface area contributed by atoms with Crippen LogP contribution in [0.3, 0.4) is 0 Å². The summed E-state index contributed by atoms with van der Waals surface area (Å²) < 4.78 is 2.11. The Hall–Kier alpha value is -2.69. The third-order valence-electron chi connectivity index (χ3n) is 5.35. The van der Waals surface area contributed by atoms with Crippen molar-refractivity contribution in [1.29, 1.82) is 0 Å². The van der Waals surface area contributed by atoms with Crippen molar-refractivity contribution in [3.63, 3.8) is 0 Å². The van der Waals surface area contributed by atoms with Gasteiger partial charge in [0.15, 0.2) is 0 Å². The lowest BCUT2D eigenvalue weighted by Gasteiger charge is -2.32. The number of hydrogen-bond donors (Lipinski definition) is 0. The molecule has 1 aromatic carbocycles. The van der Waals surface area contributed by atoms with Crippen molar-refractivity contribution < 1.29 is 4.79 Å². The lowest BCUT2D eigenvalue weighted by atomic mass is 9.94. The molecule has 0 spiro atoms. The summed E-state index contributed by atoms with van der Waals surface area (Å²) >= 11 is 0. The van der Waals surface area contributed by atoms with Gasteiger partial charge in [0.2, 0.25) is 0 Å². The summed E-state index contributed by atoms with van der Waals surface area (Å²) in [7, 11) is 2.02. The Morgan fingerprint density at radius 2 is 2.08 bits per heavy atom. The lowest BCUT2D eigenvalue weighted by Crippen LogP contribution is -2.39. The summed E-state index contributed by atoms with van der Waals surface area (Å²) in [4.78, 5) is 23.7. The van der Waals surface area contributed by atoms with E-state index >= 15 is 0 Å². The molecule has 3 heterocycles. The van der Waals surface area contributed by atoms with Gasteiger partial charge in [0.25, 0.3) is 5.91 Å². The van der Waals surface area contributed by atoms with E-state index in [-0.39, 0.29) is 11.8 Å². The standard InChI is InChI=1S/C20H22N4O/c1-14-19(16-7-3-4-8-18(16)23(14)2)20(25)24-11-5-6-15(12-24)17-9-10-21-13-22-17/h3-4,7-10,13,15H,5-6,11-12H2,1-2H3. The van der Waals surface area contributed by atoms with Crippen molar-refractivity contribution in [3.8, 4) is 0 Å². The highest BCUT2D eigenvalue weighted by molar-refractivity contribution is 6.08. The topological polar surface area (TPSA) is 51.0 Å². The molecule has 2 aromatic heterocycles. The first-order chi connectivity index (χ1) is 12.2. The highest BCUT2D eigenvalue weighted by Gasteiger charge is 2.29. The Morgan fingerprint density at radius 1 is 1.24 bits per heavy atom. The predicted octanol–water partition coefficient (Wildman–Crippen LogP) is 3.30. The second-order valence-electron chi connectivity index (χ2n) is 6.76. The molecule has 128 valence electrons. The number of aryl methyl sites for hydroxylation is 1. The third kappa shape index (κ3) is 2.69. The quantitative estimate of drug-likeness (QED) is 0.722. The van der Waals surface area contributed by atoms with Crippen LogP contribution in [0.5, 0.6) is 0 Å². The number of likely N-dealkylation sites (tertiary alicyclic amines) is 1. The number of aromatic nitrogens is 3. The number of piperidine rings is 1. The van der Waals surface area contributed by atoms with Gasteiger partial charge in [0.1, 0.15) is 6.33 Å². The first-order valence-electron chi connectivity index (χ1n) is 8.76. The average Bonchev–Trinajstić information content (AvgIpc) is 2.93. The van der Waals surface area contributed by atoms with Crippen LogP contribution in [0.1, 0.15) is 40.5 Å². The molecule has 5 heteroatoms. The summed E-state index contributed by atoms with van der Waals surface area (Å²) in [6, 6.07) is 10.1. The van der Waals surface area contributed by atoms with Crippen molar-refractivity contribution >= 4 is 16.8 Å². The van der Waals surface area contributed by atoms with Crippen LogP contribution >= 0.6 is 0 Å². The van der Waals surface area contributed by atoms with Crippen LogP contribution in [0.25, 0.3) is 10.9 Å². The van der Waals surface area contributed by atoms with Gasteiger partial charge < -0.3 is 9.47 Å². The fourth-order valence-electron chi connectivity index (χ4n) is 3.89. The van der Waals surface area contributed by atoms with E-state index in [2.05, 4.69) is 20.6 Å². The number of benzene rings is 1. The minimum atomic E-state index is 0.132. The maximum atomic E-state index is 13.3. The predicted molar refractivity (Wildman–Crippen MR) is 97.6 cm³/mol. The van der Waals surface area contributed by atoms with E-state index in [1.54, 1.807) is 12.5 Å². The molecule has 0 saturated carbocycles. The number of nitrogens with zero attached hydrogens (tertiary/aromatic N) is 4. The Balaban J connectivity index is 1.66. The molecule has 3 aromatic rings. The van der Waals surface area contributed by atoms with E-state index in [9.17, 15) is 4.79 Å². The smallest absolute Gasteiger partial charge is 0.256 e. The van der Waals surface area contributed by atoms with E-state index in [0.717, 1.165) is 53.8 Å². The molecule has 25 heavy (non-hydrogen) atoms. The number of rotatable bonds is 2. The first-order valence-corrected chi connectivity index (χ1v) is 8.76. The molecule has 0 N–H and O–H groups in total. The zero-order chi connectivity index (χ0) is 17.4. The molecule has 1 fully saturated rings. The number of amides is 1. The van der Waals surface area contributed by atoms with E-state index in [1.165, 1.54) is 0 Å². The minimum absolute atomic E-state index is 0.132. The average molecular weight is 334 g/mol. The first kappa shape index (κ1) is 15.8. The van der Waals surface area contributed by atoms with Gasteiger partial charge in [-0.25, -0.2) is 9.97 Å². The molecule has 1 atom stereocenters. The highest BCUT2D eigenvalue weighted by atomic mass is 16.2. The maximum absolute atomic E-state index is 13.3. The van der Waals surface area contributed by atoms with E-state index in [1.807, 2.05) is 43.1 Å². The zero-order valence-electron chi connectivity index (χ0n) is 14.6. The second kappa shape index (κ2) is 6.31. The van der Waals surface area contributed by atoms with Gasteiger partial charge >= 0.3 is 0 Å². The van der Waals surface area contributed by atoms with Gasteiger partial charge in [-0.3, -0.25) is 4.79 Å². The molecular weight excluding hydrogens is 312 g/mol. The van der Waals surface area contributed by atoms with Gasteiger partial charge in [-0.05, 0) is 31.9 Å². The zero-order valence-corrected chi connectivity index (χ0v) is 14.6. The van der Waals surface area contributed by atoms with Gasteiger partial charge in [-0.15, -0.1) is 0 Å². The van der Waals surface area contributed by atoms with E-state index in [0.29, 0.717) is 0 Å². The summed E-state index contributed by atoms with van der Waals surface area (Å²) in [6.07, 6.45) is 5.43. The molecule has 0 bridgehead atoms. The van der Waals surface area contributed by atoms with Gasteiger partial charge in [-0.2, -0.15) is 0 Å². The number of para-hydroxylation sites is 1. The van der Waals surface area contributed by atoms with E-state index < -0.39 is 0 Å². The van der Waals surface area contributed by atoms with Crippen molar-refractivity contribution in [2.45, 2.75) is 25.7 Å². The molecule has 1 unspecified atom stereocenters. The van der Waals surface area contributed by atoms with Crippen molar-refractivity contribution in [2.75, 3.05) is 13.1 Å². The molecule has 0 aliphatic carbocycles. The largest absolute Gasteiger partial charge is 0.347 e. The Labute approximate surface area is 147 Å². The molecule has 0 radical (unpaired) electrons. The van der Waals surface area contributed by atoms with Crippen LogP contribution in [0.2, 0.25) is 0 Å². The van der Waals surface area contributed by atoms with Crippen LogP contribution in [-0.2, 0) is 7.05 Å². The second-order valence-corrected chi connectivity index (χ2v) is 6.76. The summed E-state index contributed by atoms with van der Waals surface area (Å²) in [5, 5.41) is 1.04. The number of hydrogen-bond acceptors (Lipinski definition) is 3. The van der Waals surface area contributed by atoms with Crippen LogP contribution in [-0.4, -0.2) is 38.4 Å². The summed E-state index contributed by atoms with van der Waals surface area (Å²) in [5.74, 6) is 0.420. The molecule has 1 saturated heterocycles. The van der Waals surface area contributed by atoms with Crippen molar-refractivity contribution in [2.24, 2.45) is 7.05 Å². The monoisotopic (exact) mass is 334 g/mol. The number of carbonyl (C=O) groups excluding carboxylic acids is 1. The molecular formula is C20H22N4O. The van der Waals surface area contributed by atoms with Crippen LogP contribution in [0.4, 0.5) is 0 Å². The van der Waals surface area contributed by atoms with Crippen LogP contribution < -0.4 is 0 Å². The van der Waals surface area contributed by atoms with Crippen LogP contribution in [0.15, 0.2) is 42.9 Å². The fourth-order valence-corrected chi connectivity index (χ4v) is 3.89. The summed E-state index contributed by atoms with van der Waals surface area (Å²) in [5.41, 5.74) is 3.99. The lowest BCUT2D eigenvalue weighted by molar-refractivity contribution is 0.0707. The normalized spacial score (nSPS) is 17.8. The van der Waals surface area contributed by atoms with Gasteiger partial charge in [0.05, 0.1) is 5.56 Å². The summed E-state index contributed by atoms with van der Waals surface area (Å²) in [6.45, 7) is 3.56. The fraction of sp³-hybridized carbons (Fsp3) is 0.350. The Kier molecular flexibility index (Phi) is 3.99. The SMILES string of the molecule is Cc1c(C(=O)N2CCCC(c3ccncn3)C2)c2ccccc2n1C. The molecule has 1 aliphatic rings. The molecule has 4 rings (SSSR count). The highest BCUT2D eigenvalue weighted by Crippen LogP contribution is 2.30. The maximum Gasteiger partial charge on any atom is 0.256 e. The molecule has 1 aliphatic heterocycles.